The van der Waals surface area contributed by atoms with Crippen LogP contribution >= 0.6 is 23.2 Å². The summed E-state index contributed by atoms with van der Waals surface area (Å²) >= 11 is 12.3. The van der Waals surface area contributed by atoms with Gasteiger partial charge in [-0.2, -0.15) is 0 Å². The van der Waals surface area contributed by atoms with E-state index in [2.05, 4.69) is 15.2 Å². The van der Waals surface area contributed by atoms with Crippen LogP contribution in [-0.4, -0.2) is 48.6 Å². The SMILES string of the molecule is CCCNC(=O)N1CCN(c2c(Cl)cncc2Cl)CC1. The molecule has 5 nitrogen and oxygen atoms in total. The molecule has 7 heteroatoms. The van der Waals surface area contributed by atoms with Crippen molar-refractivity contribution >= 4 is 34.9 Å². The number of halogens is 2. The summed E-state index contributed by atoms with van der Waals surface area (Å²) in [4.78, 5) is 19.7. The summed E-state index contributed by atoms with van der Waals surface area (Å²) in [7, 11) is 0. The number of hydrogen-bond acceptors (Lipinski definition) is 3. The fraction of sp³-hybridized carbons (Fsp3) is 0.538. The molecular formula is C13H18Cl2N4O. The normalized spacial score (nSPS) is 15.3. The number of nitrogens with one attached hydrogen (secondary N) is 1. The van der Waals surface area contributed by atoms with Crippen LogP contribution in [0.1, 0.15) is 13.3 Å². The molecule has 1 N–H and O–H groups in total. The second-order valence-electron chi connectivity index (χ2n) is 4.66. The third-order valence-corrected chi connectivity index (χ3v) is 3.79. The van der Waals surface area contributed by atoms with E-state index in [0.29, 0.717) is 42.8 Å². The van der Waals surface area contributed by atoms with Crippen molar-refractivity contribution in [2.75, 3.05) is 37.6 Å². The molecule has 0 aliphatic carbocycles. The smallest absolute Gasteiger partial charge is 0.317 e. The quantitative estimate of drug-likeness (QED) is 0.932. The standard InChI is InChI=1S/C13H18Cl2N4O/c1-2-3-17-13(20)19-6-4-18(5-7-19)12-10(14)8-16-9-11(12)15/h8-9H,2-7H2,1H3,(H,17,20). The highest BCUT2D eigenvalue weighted by Crippen LogP contribution is 2.32. The van der Waals surface area contributed by atoms with Gasteiger partial charge >= 0.3 is 6.03 Å². The molecule has 0 atom stereocenters. The van der Waals surface area contributed by atoms with Gasteiger partial charge in [-0.05, 0) is 6.42 Å². The molecule has 1 aromatic rings. The van der Waals surface area contributed by atoms with Crippen molar-refractivity contribution in [1.82, 2.24) is 15.2 Å². The molecular weight excluding hydrogens is 299 g/mol. The summed E-state index contributed by atoms with van der Waals surface area (Å²) in [6, 6.07) is -0.00146. The lowest BCUT2D eigenvalue weighted by molar-refractivity contribution is 0.194. The van der Waals surface area contributed by atoms with Crippen LogP contribution in [0.5, 0.6) is 0 Å². The van der Waals surface area contributed by atoms with Gasteiger partial charge in [0.25, 0.3) is 0 Å². The topological polar surface area (TPSA) is 48.5 Å². The van der Waals surface area contributed by atoms with Gasteiger partial charge in [-0.3, -0.25) is 4.98 Å². The molecule has 2 rings (SSSR count). The first-order chi connectivity index (χ1) is 9.63. The van der Waals surface area contributed by atoms with Gasteiger partial charge in [-0.1, -0.05) is 30.1 Å². The summed E-state index contributed by atoms with van der Waals surface area (Å²) in [6.07, 6.45) is 4.11. The zero-order chi connectivity index (χ0) is 14.5. The van der Waals surface area contributed by atoms with Gasteiger partial charge in [-0.15, -0.1) is 0 Å². The number of carbonyl (C=O) groups is 1. The fourth-order valence-electron chi connectivity index (χ4n) is 2.18. The minimum Gasteiger partial charge on any atom is -0.365 e. The molecule has 110 valence electrons. The zero-order valence-corrected chi connectivity index (χ0v) is 12.9. The van der Waals surface area contributed by atoms with Gasteiger partial charge in [0.2, 0.25) is 0 Å². The average Bonchev–Trinajstić information content (AvgIpc) is 2.45. The lowest BCUT2D eigenvalue weighted by atomic mass is 10.2. The second-order valence-corrected chi connectivity index (χ2v) is 5.47. The van der Waals surface area contributed by atoms with E-state index >= 15 is 0 Å². The van der Waals surface area contributed by atoms with Crippen LogP contribution in [0.25, 0.3) is 0 Å². The Balaban J connectivity index is 1.96. The van der Waals surface area contributed by atoms with Gasteiger partial charge in [0.1, 0.15) is 0 Å². The van der Waals surface area contributed by atoms with E-state index in [9.17, 15) is 4.79 Å². The molecule has 1 fully saturated rings. The fourth-order valence-corrected chi connectivity index (χ4v) is 2.79. The van der Waals surface area contributed by atoms with Gasteiger partial charge in [0.05, 0.1) is 15.7 Å². The Kier molecular flexibility index (Phi) is 5.31. The molecule has 0 aromatic carbocycles. The van der Waals surface area contributed by atoms with Crippen LogP contribution in [0.2, 0.25) is 10.0 Å². The third-order valence-electron chi connectivity index (χ3n) is 3.24. The van der Waals surface area contributed by atoms with E-state index in [4.69, 9.17) is 23.2 Å². The molecule has 2 amide bonds. The molecule has 1 saturated heterocycles. The molecule has 20 heavy (non-hydrogen) atoms. The number of hydrogen-bond donors (Lipinski definition) is 1. The zero-order valence-electron chi connectivity index (χ0n) is 11.4. The summed E-state index contributed by atoms with van der Waals surface area (Å²) < 4.78 is 0. The summed E-state index contributed by atoms with van der Waals surface area (Å²) in [5.74, 6) is 0. The van der Waals surface area contributed by atoms with E-state index in [1.165, 1.54) is 0 Å². The van der Waals surface area contributed by atoms with Crippen LogP contribution in [0, 0.1) is 0 Å². The Hall–Kier alpha value is -1.20. The Labute approximate surface area is 128 Å². The van der Waals surface area contributed by atoms with Crippen molar-refractivity contribution in [2.24, 2.45) is 0 Å². The first kappa shape index (κ1) is 15.2. The maximum absolute atomic E-state index is 11.9. The van der Waals surface area contributed by atoms with Crippen molar-refractivity contribution in [3.63, 3.8) is 0 Å². The molecule has 0 spiro atoms. The predicted octanol–water partition coefficient (Wildman–Crippen LogP) is 2.63. The van der Waals surface area contributed by atoms with Crippen LogP contribution in [0.3, 0.4) is 0 Å². The number of urea groups is 1. The Morgan fingerprint density at radius 1 is 1.25 bits per heavy atom. The number of anilines is 1. The number of amides is 2. The molecule has 1 aromatic heterocycles. The molecule has 1 aliphatic rings. The lowest BCUT2D eigenvalue weighted by Gasteiger charge is -2.36. The lowest BCUT2D eigenvalue weighted by Crippen LogP contribution is -2.52. The van der Waals surface area contributed by atoms with E-state index in [1.807, 2.05) is 11.8 Å². The number of rotatable bonds is 3. The summed E-state index contributed by atoms with van der Waals surface area (Å²) in [5.41, 5.74) is 0.803. The van der Waals surface area contributed by atoms with Gasteiger partial charge in [0, 0.05) is 45.1 Å². The van der Waals surface area contributed by atoms with E-state index in [-0.39, 0.29) is 6.03 Å². The molecule has 2 heterocycles. The van der Waals surface area contributed by atoms with Crippen molar-refractivity contribution in [2.45, 2.75) is 13.3 Å². The van der Waals surface area contributed by atoms with E-state index < -0.39 is 0 Å². The number of aromatic nitrogens is 1. The number of nitrogens with zero attached hydrogens (tertiary/aromatic N) is 3. The Morgan fingerprint density at radius 2 is 1.85 bits per heavy atom. The first-order valence-electron chi connectivity index (χ1n) is 6.70. The molecule has 0 bridgehead atoms. The van der Waals surface area contributed by atoms with Crippen molar-refractivity contribution in [3.05, 3.63) is 22.4 Å². The van der Waals surface area contributed by atoms with Crippen LogP contribution in [-0.2, 0) is 0 Å². The maximum atomic E-state index is 11.9. The third kappa shape index (κ3) is 3.46. The first-order valence-corrected chi connectivity index (χ1v) is 7.45. The number of pyridine rings is 1. The van der Waals surface area contributed by atoms with Gasteiger partial charge < -0.3 is 15.1 Å². The van der Waals surface area contributed by atoms with Crippen LogP contribution < -0.4 is 10.2 Å². The average molecular weight is 317 g/mol. The number of piperazine rings is 1. The highest BCUT2D eigenvalue weighted by atomic mass is 35.5. The van der Waals surface area contributed by atoms with Crippen molar-refractivity contribution in [3.8, 4) is 0 Å². The van der Waals surface area contributed by atoms with Gasteiger partial charge in [0.15, 0.2) is 0 Å². The van der Waals surface area contributed by atoms with E-state index in [1.54, 1.807) is 12.4 Å². The summed E-state index contributed by atoms with van der Waals surface area (Å²) in [6.45, 7) is 5.48. The second kappa shape index (κ2) is 6.99. The number of carbonyl (C=O) groups excluding carboxylic acids is 1. The molecule has 0 radical (unpaired) electrons. The monoisotopic (exact) mass is 316 g/mol. The van der Waals surface area contributed by atoms with Gasteiger partial charge in [-0.25, -0.2) is 4.79 Å². The largest absolute Gasteiger partial charge is 0.365 e. The molecule has 0 unspecified atom stereocenters. The van der Waals surface area contributed by atoms with Crippen LogP contribution in [0.15, 0.2) is 12.4 Å². The minimum atomic E-state index is -0.00146. The molecule has 0 saturated carbocycles. The van der Waals surface area contributed by atoms with Crippen LogP contribution in [0.4, 0.5) is 10.5 Å². The highest BCUT2D eigenvalue weighted by molar-refractivity contribution is 6.38. The van der Waals surface area contributed by atoms with Crippen molar-refractivity contribution < 1.29 is 4.79 Å². The maximum Gasteiger partial charge on any atom is 0.317 e. The highest BCUT2D eigenvalue weighted by Gasteiger charge is 2.23. The predicted molar refractivity (Wildman–Crippen MR) is 81.7 cm³/mol. The Bertz CT molecular complexity index is 455. The van der Waals surface area contributed by atoms with E-state index in [0.717, 1.165) is 12.1 Å². The summed E-state index contributed by atoms with van der Waals surface area (Å²) in [5, 5.41) is 3.97. The minimum absolute atomic E-state index is 0.00146. The Morgan fingerprint density at radius 3 is 2.40 bits per heavy atom. The molecule has 1 aliphatic heterocycles. The van der Waals surface area contributed by atoms with Crippen molar-refractivity contribution in [1.29, 1.82) is 0 Å².